The number of carbonyl (C=O) groups is 1. The number of hydrogen-bond acceptors (Lipinski definition) is 3. The van der Waals surface area contributed by atoms with Crippen LogP contribution in [0.3, 0.4) is 0 Å². The number of aryl methyl sites for hydroxylation is 1. The van der Waals surface area contributed by atoms with Crippen molar-refractivity contribution in [2.75, 3.05) is 33.2 Å². The Morgan fingerprint density at radius 2 is 1.63 bits per heavy atom. The molecule has 0 radical (unpaired) electrons. The molecule has 2 aliphatic rings. The summed E-state index contributed by atoms with van der Waals surface area (Å²) < 4.78 is 1.86. The molecule has 2 aliphatic heterocycles. The quantitative estimate of drug-likeness (QED) is 0.820. The van der Waals surface area contributed by atoms with Crippen LogP contribution in [-0.2, 0) is 5.41 Å². The van der Waals surface area contributed by atoms with Crippen LogP contribution in [-0.4, -0.2) is 58.7 Å². The fraction of sp³-hybridized carbons (Fsp3) is 0.545. The van der Waals surface area contributed by atoms with Gasteiger partial charge in [0.15, 0.2) is 0 Å². The normalized spacial score (nSPS) is 23.1. The largest absolute Gasteiger partial charge is 0.338 e. The molecule has 2 fully saturated rings. The molecule has 1 aromatic heterocycles. The van der Waals surface area contributed by atoms with Crippen LogP contribution in [0.1, 0.15) is 42.4 Å². The summed E-state index contributed by atoms with van der Waals surface area (Å²) in [6.07, 6.45) is 1.92. The minimum absolute atomic E-state index is 0.135. The van der Waals surface area contributed by atoms with E-state index >= 15 is 0 Å². The maximum absolute atomic E-state index is 13.4. The van der Waals surface area contributed by atoms with E-state index in [1.807, 2.05) is 15.8 Å². The van der Waals surface area contributed by atoms with E-state index in [1.165, 1.54) is 5.56 Å². The first kappa shape index (κ1) is 18.2. The number of aromatic nitrogens is 2. The van der Waals surface area contributed by atoms with Gasteiger partial charge in [-0.3, -0.25) is 4.79 Å². The van der Waals surface area contributed by atoms with Gasteiger partial charge in [-0.15, -0.1) is 0 Å². The van der Waals surface area contributed by atoms with Crippen molar-refractivity contribution in [1.82, 2.24) is 19.6 Å². The van der Waals surface area contributed by atoms with Gasteiger partial charge in [0.25, 0.3) is 5.91 Å². The first-order valence-electron chi connectivity index (χ1n) is 9.87. The lowest BCUT2D eigenvalue weighted by molar-refractivity contribution is 0.0773. The van der Waals surface area contributed by atoms with Crippen LogP contribution in [0.15, 0.2) is 30.5 Å². The van der Waals surface area contributed by atoms with Crippen LogP contribution < -0.4 is 0 Å². The zero-order chi connectivity index (χ0) is 19.3. The summed E-state index contributed by atoms with van der Waals surface area (Å²) in [5, 5.41) is 4.82. The highest BCUT2D eigenvalue weighted by molar-refractivity contribution is 5.95. The molecule has 2 aromatic rings. The molecular weight excluding hydrogens is 336 g/mol. The molecule has 3 heterocycles. The van der Waals surface area contributed by atoms with Gasteiger partial charge in [0.1, 0.15) is 0 Å². The van der Waals surface area contributed by atoms with Gasteiger partial charge in [0, 0.05) is 37.8 Å². The van der Waals surface area contributed by atoms with Gasteiger partial charge in [-0.1, -0.05) is 38.5 Å². The Morgan fingerprint density at radius 1 is 1.04 bits per heavy atom. The van der Waals surface area contributed by atoms with Gasteiger partial charge in [-0.05, 0) is 37.9 Å². The minimum Gasteiger partial charge on any atom is -0.338 e. The van der Waals surface area contributed by atoms with E-state index in [2.05, 4.69) is 63.9 Å². The zero-order valence-electron chi connectivity index (χ0n) is 17.1. The third kappa shape index (κ3) is 3.41. The van der Waals surface area contributed by atoms with Gasteiger partial charge in [-0.2, -0.15) is 5.10 Å². The SMILES string of the molecule is Cc1ccc(-n2cc(C(=O)N3C[C@H]4CN(C)C[C@H]4C3)c(C(C)(C)C)n2)cc1. The monoisotopic (exact) mass is 366 g/mol. The first-order chi connectivity index (χ1) is 12.7. The number of hydrogen-bond donors (Lipinski definition) is 0. The smallest absolute Gasteiger partial charge is 0.257 e. The molecular formula is C22H30N4O. The Labute approximate surface area is 162 Å². The van der Waals surface area contributed by atoms with Gasteiger partial charge < -0.3 is 9.80 Å². The molecule has 0 aliphatic carbocycles. The molecule has 0 bridgehead atoms. The van der Waals surface area contributed by atoms with E-state index in [4.69, 9.17) is 5.10 Å². The molecule has 0 spiro atoms. The topological polar surface area (TPSA) is 41.4 Å². The van der Waals surface area contributed by atoms with E-state index in [1.54, 1.807) is 0 Å². The predicted molar refractivity (Wildman–Crippen MR) is 107 cm³/mol. The molecule has 5 heteroatoms. The van der Waals surface area contributed by atoms with E-state index in [9.17, 15) is 4.79 Å². The maximum Gasteiger partial charge on any atom is 0.257 e. The third-order valence-electron chi connectivity index (χ3n) is 5.91. The Hall–Kier alpha value is -2.14. The number of amides is 1. The van der Waals surface area contributed by atoms with Crippen LogP contribution in [0.5, 0.6) is 0 Å². The highest BCUT2D eigenvalue weighted by atomic mass is 16.2. The Morgan fingerprint density at radius 3 is 2.19 bits per heavy atom. The standard InChI is InChI=1S/C22H30N4O/c1-15-6-8-18(9-7-15)26-14-19(20(23-26)22(2,3)4)21(27)25-12-16-10-24(5)11-17(16)13-25/h6-9,14,16-17H,10-13H2,1-5H3/t16-,17+. The van der Waals surface area contributed by atoms with Gasteiger partial charge in [-0.25, -0.2) is 4.68 Å². The van der Waals surface area contributed by atoms with Gasteiger partial charge >= 0.3 is 0 Å². The van der Waals surface area contributed by atoms with Crippen molar-refractivity contribution in [2.45, 2.75) is 33.1 Å². The van der Waals surface area contributed by atoms with Crippen LogP contribution in [0, 0.1) is 18.8 Å². The molecule has 1 amide bonds. The fourth-order valence-corrected chi connectivity index (χ4v) is 4.48. The molecule has 0 N–H and O–H groups in total. The summed E-state index contributed by atoms with van der Waals surface area (Å²) in [7, 11) is 2.17. The van der Waals surface area contributed by atoms with E-state index < -0.39 is 0 Å². The van der Waals surface area contributed by atoms with Crippen molar-refractivity contribution >= 4 is 5.91 Å². The summed E-state index contributed by atoms with van der Waals surface area (Å²) in [5.74, 6) is 1.36. The van der Waals surface area contributed by atoms with E-state index in [-0.39, 0.29) is 11.3 Å². The van der Waals surface area contributed by atoms with Gasteiger partial charge in [0.2, 0.25) is 0 Å². The second-order valence-corrected chi connectivity index (χ2v) is 9.37. The summed E-state index contributed by atoms with van der Waals surface area (Å²) >= 11 is 0. The lowest BCUT2D eigenvalue weighted by atomic mass is 9.89. The van der Waals surface area contributed by atoms with Crippen molar-refractivity contribution in [2.24, 2.45) is 11.8 Å². The van der Waals surface area contributed by atoms with Crippen LogP contribution in [0.4, 0.5) is 0 Å². The third-order valence-corrected chi connectivity index (χ3v) is 5.91. The highest BCUT2D eigenvalue weighted by Gasteiger charge is 2.41. The molecule has 144 valence electrons. The van der Waals surface area contributed by atoms with Crippen LogP contribution in [0.25, 0.3) is 5.69 Å². The fourth-order valence-electron chi connectivity index (χ4n) is 4.48. The number of nitrogens with zero attached hydrogens (tertiary/aromatic N) is 4. The highest BCUT2D eigenvalue weighted by Crippen LogP contribution is 2.33. The zero-order valence-corrected chi connectivity index (χ0v) is 17.1. The molecule has 2 saturated heterocycles. The van der Waals surface area contributed by atoms with Crippen LogP contribution in [0.2, 0.25) is 0 Å². The van der Waals surface area contributed by atoms with Crippen LogP contribution >= 0.6 is 0 Å². The lowest BCUT2D eigenvalue weighted by Gasteiger charge is -2.22. The van der Waals surface area contributed by atoms with Gasteiger partial charge in [0.05, 0.1) is 16.9 Å². The maximum atomic E-state index is 13.4. The Bertz CT molecular complexity index is 832. The number of fused-ring (bicyclic) bond motifs is 1. The number of rotatable bonds is 2. The molecule has 1 aromatic carbocycles. The predicted octanol–water partition coefficient (Wildman–Crippen LogP) is 3.11. The van der Waals surface area contributed by atoms with Crippen molar-refractivity contribution in [3.05, 3.63) is 47.3 Å². The summed E-state index contributed by atoms with van der Waals surface area (Å²) in [5.41, 5.74) is 3.65. The molecule has 27 heavy (non-hydrogen) atoms. The summed E-state index contributed by atoms with van der Waals surface area (Å²) in [6, 6.07) is 8.26. The second kappa shape index (κ2) is 6.48. The van der Waals surface area contributed by atoms with Crippen molar-refractivity contribution < 1.29 is 4.79 Å². The molecule has 4 rings (SSSR count). The Balaban J connectivity index is 1.65. The minimum atomic E-state index is -0.184. The number of benzene rings is 1. The Kier molecular flexibility index (Phi) is 4.38. The molecule has 5 nitrogen and oxygen atoms in total. The second-order valence-electron chi connectivity index (χ2n) is 9.37. The number of likely N-dealkylation sites (tertiary alicyclic amines) is 2. The first-order valence-corrected chi connectivity index (χ1v) is 9.87. The lowest BCUT2D eigenvalue weighted by Crippen LogP contribution is -2.33. The van der Waals surface area contributed by atoms with Crippen molar-refractivity contribution in [1.29, 1.82) is 0 Å². The molecule has 0 unspecified atom stereocenters. The summed E-state index contributed by atoms with van der Waals surface area (Å²) in [6.45, 7) is 12.4. The molecule has 0 saturated carbocycles. The van der Waals surface area contributed by atoms with Crippen molar-refractivity contribution in [3.8, 4) is 5.69 Å². The van der Waals surface area contributed by atoms with Crippen molar-refractivity contribution in [3.63, 3.8) is 0 Å². The van der Waals surface area contributed by atoms with E-state index in [0.29, 0.717) is 11.8 Å². The summed E-state index contributed by atoms with van der Waals surface area (Å²) in [4.78, 5) is 17.8. The molecule has 2 atom stereocenters. The number of carbonyl (C=O) groups excluding carboxylic acids is 1. The average Bonchev–Trinajstić information content (AvgIpc) is 3.26. The average molecular weight is 367 g/mol. The van der Waals surface area contributed by atoms with E-state index in [0.717, 1.165) is 43.1 Å².